The minimum absolute atomic E-state index is 0.0376. The molecular weight excluding hydrogens is 599 g/mol. The first-order chi connectivity index (χ1) is 22.7. The van der Waals surface area contributed by atoms with Gasteiger partial charge in [-0.3, -0.25) is 0 Å². The van der Waals surface area contributed by atoms with Crippen LogP contribution in [0.1, 0.15) is 98.4 Å². The SMILES string of the molecule is S=C(CCCCCCCCCNCCCNC(=S)NC(c1ccccc1)c1ccccc1)CC(c1ccccc1)c1ccccc1. The summed E-state index contributed by atoms with van der Waals surface area (Å²) in [5.74, 6) is 0.354. The van der Waals surface area contributed by atoms with Gasteiger partial charge < -0.3 is 16.0 Å². The number of thiocarbonyl (C=S) groups is 2. The first-order valence-electron chi connectivity index (χ1n) is 17.2. The quantitative estimate of drug-likeness (QED) is 0.0619. The minimum Gasteiger partial charge on any atom is -0.363 e. The van der Waals surface area contributed by atoms with Crippen LogP contribution in [-0.4, -0.2) is 29.6 Å². The average molecular weight is 650 g/mol. The Morgan fingerprint density at radius 3 is 1.43 bits per heavy atom. The molecule has 0 fully saturated rings. The lowest BCUT2D eigenvalue weighted by Gasteiger charge is -2.22. The fourth-order valence-corrected chi connectivity index (χ4v) is 6.49. The summed E-state index contributed by atoms with van der Waals surface area (Å²) in [5.41, 5.74) is 5.12. The highest BCUT2D eigenvalue weighted by Gasteiger charge is 2.16. The number of hydrogen-bond acceptors (Lipinski definition) is 3. The van der Waals surface area contributed by atoms with Crippen molar-refractivity contribution in [2.75, 3.05) is 19.6 Å². The van der Waals surface area contributed by atoms with Gasteiger partial charge in [-0.15, -0.1) is 0 Å². The molecule has 0 heterocycles. The van der Waals surface area contributed by atoms with Gasteiger partial charge in [-0.05, 0) is 84.5 Å². The lowest BCUT2D eigenvalue weighted by molar-refractivity contribution is 0.553. The van der Waals surface area contributed by atoms with Gasteiger partial charge in [0.05, 0.1) is 6.04 Å². The molecule has 0 aliphatic heterocycles. The van der Waals surface area contributed by atoms with Gasteiger partial charge in [0.25, 0.3) is 0 Å². The molecule has 0 saturated carbocycles. The van der Waals surface area contributed by atoms with E-state index >= 15 is 0 Å². The predicted octanol–water partition coefficient (Wildman–Crippen LogP) is 9.93. The van der Waals surface area contributed by atoms with Crippen LogP contribution < -0.4 is 16.0 Å². The number of unbranched alkanes of at least 4 members (excludes halogenated alkanes) is 6. The Morgan fingerprint density at radius 2 is 0.913 bits per heavy atom. The van der Waals surface area contributed by atoms with Crippen molar-refractivity contribution in [3.8, 4) is 0 Å². The third-order valence-electron chi connectivity index (χ3n) is 8.50. The fraction of sp³-hybridized carbons (Fsp3) is 0.366. The Labute approximate surface area is 288 Å². The molecule has 0 aliphatic rings. The van der Waals surface area contributed by atoms with E-state index in [1.807, 2.05) is 12.1 Å². The van der Waals surface area contributed by atoms with Crippen LogP contribution >= 0.6 is 24.4 Å². The van der Waals surface area contributed by atoms with E-state index in [4.69, 9.17) is 24.4 Å². The summed E-state index contributed by atoms with van der Waals surface area (Å²) in [6.45, 7) is 2.95. The average Bonchev–Trinajstić information content (AvgIpc) is 3.11. The Kier molecular flexibility index (Phi) is 16.5. The maximum atomic E-state index is 5.86. The van der Waals surface area contributed by atoms with Gasteiger partial charge in [0.2, 0.25) is 0 Å². The molecule has 0 aliphatic carbocycles. The topological polar surface area (TPSA) is 36.1 Å². The van der Waals surface area contributed by atoms with Gasteiger partial charge in [0, 0.05) is 12.5 Å². The molecule has 0 spiro atoms. The maximum Gasteiger partial charge on any atom is 0.167 e. The van der Waals surface area contributed by atoms with Crippen molar-refractivity contribution < 1.29 is 0 Å². The molecule has 4 aromatic rings. The van der Waals surface area contributed by atoms with Gasteiger partial charge in [-0.2, -0.15) is 0 Å². The van der Waals surface area contributed by atoms with Crippen LogP contribution in [0, 0.1) is 0 Å². The molecular formula is C41H51N3S2. The smallest absolute Gasteiger partial charge is 0.167 e. The summed E-state index contributed by atoms with van der Waals surface area (Å²) >= 11 is 11.5. The van der Waals surface area contributed by atoms with Crippen LogP contribution in [0.15, 0.2) is 121 Å². The summed E-state index contributed by atoms with van der Waals surface area (Å²) in [4.78, 5) is 1.21. The van der Waals surface area contributed by atoms with Gasteiger partial charge in [0.1, 0.15) is 0 Å². The fourth-order valence-electron chi connectivity index (χ4n) is 5.96. The zero-order chi connectivity index (χ0) is 32.1. The Balaban J connectivity index is 0.984. The number of benzene rings is 4. The van der Waals surface area contributed by atoms with Crippen LogP contribution in [0.3, 0.4) is 0 Å². The number of hydrogen-bond donors (Lipinski definition) is 3. The Hall–Kier alpha value is -3.38. The summed E-state index contributed by atoms with van der Waals surface area (Å²) in [5, 5.41) is 11.2. The summed E-state index contributed by atoms with van der Waals surface area (Å²) < 4.78 is 0. The number of nitrogens with one attached hydrogen (secondary N) is 3. The van der Waals surface area contributed by atoms with Gasteiger partial charge in [-0.25, -0.2) is 0 Å². The van der Waals surface area contributed by atoms with E-state index in [1.54, 1.807) is 0 Å². The minimum atomic E-state index is 0.0376. The molecule has 0 atom stereocenters. The first-order valence-corrected chi connectivity index (χ1v) is 18.0. The highest BCUT2D eigenvalue weighted by atomic mass is 32.1. The summed E-state index contributed by atoms with van der Waals surface area (Å²) in [7, 11) is 0. The monoisotopic (exact) mass is 649 g/mol. The van der Waals surface area contributed by atoms with Crippen molar-refractivity contribution >= 4 is 34.4 Å². The van der Waals surface area contributed by atoms with E-state index in [9.17, 15) is 0 Å². The normalized spacial score (nSPS) is 11.1. The summed E-state index contributed by atoms with van der Waals surface area (Å²) in [6.07, 6.45) is 12.1. The molecule has 46 heavy (non-hydrogen) atoms. The van der Waals surface area contributed by atoms with E-state index in [1.165, 1.54) is 72.1 Å². The molecule has 3 N–H and O–H groups in total. The van der Waals surface area contributed by atoms with Crippen LogP contribution in [0.4, 0.5) is 0 Å². The standard InChI is InChI=1S/C41H51N3S2/c45-38(33-39(34-21-10-6-11-22-34)35-23-12-7-13-24-35)29-18-4-2-1-3-5-19-30-42-31-20-32-43-41(46)44-40(36-25-14-8-15-26-36)37-27-16-9-17-28-37/h6-17,21-28,39-40,42H,1-5,18-20,29-33H2,(H2,43,44,46). The second-order valence-electron chi connectivity index (χ2n) is 12.1. The molecule has 0 saturated heterocycles. The molecule has 0 amide bonds. The third kappa shape index (κ3) is 13.2. The van der Waals surface area contributed by atoms with E-state index in [-0.39, 0.29) is 6.04 Å². The Bertz CT molecular complexity index is 1190. The van der Waals surface area contributed by atoms with Crippen LogP contribution in [0.2, 0.25) is 0 Å². The zero-order valence-corrected chi connectivity index (χ0v) is 28.8. The van der Waals surface area contributed by atoms with E-state index < -0.39 is 0 Å². The van der Waals surface area contributed by atoms with Crippen molar-refractivity contribution in [2.24, 2.45) is 0 Å². The maximum absolute atomic E-state index is 5.86. The molecule has 4 rings (SSSR count). The van der Waals surface area contributed by atoms with Crippen LogP contribution in [-0.2, 0) is 0 Å². The zero-order valence-electron chi connectivity index (χ0n) is 27.2. The van der Waals surface area contributed by atoms with E-state index in [0.717, 1.165) is 38.9 Å². The molecule has 0 aromatic heterocycles. The van der Waals surface area contributed by atoms with Crippen molar-refractivity contribution in [1.29, 1.82) is 0 Å². The highest BCUT2D eigenvalue weighted by Crippen LogP contribution is 2.29. The van der Waals surface area contributed by atoms with Crippen molar-refractivity contribution in [1.82, 2.24) is 16.0 Å². The van der Waals surface area contributed by atoms with Gasteiger partial charge >= 0.3 is 0 Å². The molecule has 5 heteroatoms. The Morgan fingerprint density at radius 1 is 0.478 bits per heavy atom. The molecule has 0 radical (unpaired) electrons. The lowest BCUT2D eigenvalue weighted by atomic mass is 9.86. The third-order valence-corrected chi connectivity index (χ3v) is 9.13. The second kappa shape index (κ2) is 21.4. The van der Waals surface area contributed by atoms with E-state index in [2.05, 4.69) is 125 Å². The van der Waals surface area contributed by atoms with Crippen molar-refractivity contribution in [2.45, 2.75) is 76.2 Å². The van der Waals surface area contributed by atoms with Crippen LogP contribution in [0.25, 0.3) is 0 Å². The van der Waals surface area contributed by atoms with Gasteiger partial charge in [-0.1, -0.05) is 166 Å². The molecule has 0 unspecified atom stereocenters. The molecule has 4 aromatic carbocycles. The molecule has 3 nitrogen and oxygen atoms in total. The lowest BCUT2D eigenvalue weighted by Crippen LogP contribution is -2.39. The first kappa shape index (κ1) is 35.5. The molecule has 242 valence electrons. The second-order valence-corrected chi connectivity index (χ2v) is 13.1. The van der Waals surface area contributed by atoms with E-state index in [0.29, 0.717) is 11.0 Å². The highest BCUT2D eigenvalue weighted by molar-refractivity contribution is 7.80. The molecule has 0 bridgehead atoms. The summed E-state index contributed by atoms with van der Waals surface area (Å²) in [6, 6.07) is 42.6. The largest absolute Gasteiger partial charge is 0.363 e. The van der Waals surface area contributed by atoms with Crippen molar-refractivity contribution in [3.63, 3.8) is 0 Å². The predicted molar refractivity (Wildman–Crippen MR) is 205 cm³/mol. The van der Waals surface area contributed by atoms with Crippen LogP contribution in [0.5, 0.6) is 0 Å². The number of rotatable bonds is 21. The van der Waals surface area contributed by atoms with Gasteiger partial charge in [0.15, 0.2) is 5.11 Å². The van der Waals surface area contributed by atoms with Crippen molar-refractivity contribution in [3.05, 3.63) is 144 Å².